The summed E-state index contributed by atoms with van der Waals surface area (Å²) in [6.45, 7) is 5.80. The first kappa shape index (κ1) is 19.7. The van der Waals surface area contributed by atoms with Crippen molar-refractivity contribution in [2.75, 3.05) is 26.2 Å². The van der Waals surface area contributed by atoms with Gasteiger partial charge in [-0.3, -0.25) is 0 Å². The fraction of sp³-hybridized carbons (Fsp3) is 0.364. The molecular weight excluding hydrogens is 356 g/mol. The molecule has 1 aliphatic rings. The van der Waals surface area contributed by atoms with Crippen LogP contribution in [-0.2, 0) is 12.8 Å². The lowest BCUT2D eigenvalue weighted by atomic mass is 10.2. The van der Waals surface area contributed by atoms with Crippen LogP contribution >= 0.6 is 0 Å². The fourth-order valence-electron chi connectivity index (χ4n) is 2.99. The molecule has 2 aromatic rings. The molecule has 6 heteroatoms. The third-order valence-corrected chi connectivity index (χ3v) is 4.87. The number of carbonyl (C=O) groups excluding carboxylic acids is 2. The number of amides is 2. The molecule has 28 heavy (non-hydrogen) atoms. The summed E-state index contributed by atoms with van der Waals surface area (Å²) in [5.41, 5.74) is 2.38. The van der Waals surface area contributed by atoms with Crippen LogP contribution in [0.25, 0.3) is 0 Å². The van der Waals surface area contributed by atoms with Crippen LogP contribution in [0.2, 0.25) is 0 Å². The number of aryl methyl sites for hydroxylation is 2. The highest BCUT2D eigenvalue weighted by Crippen LogP contribution is 2.16. The first-order valence-corrected chi connectivity index (χ1v) is 9.70. The number of hydrogen-bond acceptors (Lipinski definition) is 4. The van der Waals surface area contributed by atoms with E-state index in [0.717, 1.165) is 12.8 Å². The quantitative estimate of drug-likeness (QED) is 0.798. The molecule has 0 aromatic heterocycles. The minimum Gasteiger partial charge on any atom is -0.410 e. The zero-order chi connectivity index (χ0) is 19.9. The van der Waals surface area contributed by atoms with Crippen LogP contribution in [0.5, 0.6) is 11.5 Å². The second-order valence-corrected chi connectivity index (χ2v) is 6.71. The number of ether oxygens (including phenoxy) is 2. The lowest BCUT2D eigenvalue weighted by Crippen LogP contribution is -2.52. The molecule has 0 bridgehead atoms. The third-order valence-electron chi connectivity index (χ3n) is 4.87. The molecule has 3 rings (SSSR count). The van der Waals surface area contributed by atoms with Gasteiger partial charge in [-0.15, -0.1) is 0 Å². The summed E-state index contributed by atoms with van der Waals surface area (Å²) in [6, 6.07) is 15.0. The Balaban J connectivity index is 1.47. The van der Waals surface area contributed by atoms with E-state index in [-0.39, 0.29) is 0 Å². The Hall–Kier alpha value is -3.02. The van der Waals surface area contributed by atoms with E-state index in [1.165, 1.54) is 11.1 Å². The van der Waals surface area contributed by atoms with Crippen molar-refractivity contribution in [2.24, 2.45) is 0 Å². The van der Waals surface area contributed by atoms with E-state index in [0.29, 0.717) is 37.7 Å². The molecule has 0 spiro atoms. The average molecular weight is 382 g/mol. The largest absolute Gasteiger partial charge is 0.415 e. The Morgan fingerprint density at radius 1 is 0.679 bits per heavy atom. The standard InChI is InChI=1S/C22H26N2O4/c1-3-17-5-9-19(10-6-17)27-21(25)23-13-15-24(16-14-23)22(26)28-20-11-7-18(4-2)8-12-20/h5-12H,3-4,13-16H2,1-2H3. The van der Waals surface area contributed by atoms with Crippen molar-refractivity contribution in [1.29, 1.82) is 0 Å². The van der Waals surface area contributed by atoms with E-state index in [1.807, 2.05) is 24.3 Å². The van der Waals surface area contributed by atoms with Crippen molar-refractivity contribution < 1.29 is 19.1 Å². The fourth-order valence-corrected chi connectivity index (χ4v) is 2.99. The average Bonchev–Trinajstić information content (AvgIpc) is 2.75. The minimum absolute atomic E-state index is 0.396. The maximum Gasteiger partial charge on any atom is 0.415 e. The van der Waals surface area contributed by atoms with Gasteiger partial charge in [0, 0.05) is 26.2 Å². The Labute approximate surface area is 165 Å². The molecule has 0 N–H and O–H groups in total. The molecule has 0 atom stereocenters. The van der Waals surface area contributed by atoms with Gasteiger partial charge in [0.15, 0.2) is 0 Å². The van der Waals surface area contributed by atoms with Gasteiger partial charge >= 0.3 is 12.2 Å². The number of piperazine rings is 1. The van der Waals surface area contributed by atoms with E-state index in [9.17, 15) is 9.59 Å². The van der Waals surface area contributed by atoms with Crippen LogP contribution in [0.15, 0.2) is 48.5 Å². The monoisotopic (exact) mass is 382 g/mol. The van der Waals surface area contributed by atoms with Gasteiger partial charge in [0.25, 0.3) is 0 Å². The van der Waals surface area contributed by atoms with E-state index in [2.05, 4.69) is 13.8 Å². The molecule has 2 aromatic carbocycles. The summed E-state index contributed by atoms with van der Waals surface area (Å²) in [7, 11) is 0. The van der Waals surface area contributed by atoms with Gasteiger partial charge in [-0.25, -0.2) is 9.59 Å². The maximum atomic E-state index is 12.3. The van der Waals surface area contributed by atoms with Crippen LogP contribution in [0.1, 0.15) is 25.0 Å². The van der Waals surface area contributed by atoms with E-state index >= 15 is 0 Å². The summed E-state index contributed by atoms with van der Waals surface area (Å²) in [6.07, 6.45) is 1.09. The molecule has 0 aliphatic carbocycles. The van der Waals surface area contributed by atoms with Gasteiger partial charge in [-0.1, -0.05) is 38.1 Å². The van der Waals surface area contributed by atoms with Gasteiger partial charge in [0.05, 0.1) is 0 Å². The van der Waals surface area contributed by atoms with E-state index < -0.39 is 12.2 Å². The molecule has 6 nitrogen and oxygen atoms in total. The van der Waals surface area contributed by atoms with Crippen molar-refractivity contribution in [3.8, 4) is 11.5 Å². The smallest absolute Gasteiger partial charge is 0.410 e. The Bertz CT molecular complexity index is 725. The molecule has 1 fully saturated rings. The van der Waals surface area contributed by atoms with Crippen molar-refractivity contribution in [3.63, 3.8) is 0 Å². The zero-order valence-electron chi connectivity index (χ0n) is 16.4. The van der Waals surface area contributed by atoms with Crippen molar-refractivity contribution in [1.82, 2.24) is 9.80 Å². The van der Waals surface area contributed by atoms with Crippen LogP contribution in [0.3, 0.4) is 0 Å². The number of carbonyl (C=O) groups is 2. The first-order valence-electron chi connectivity index (χ1n) is 9.70. The molecule has 148 valence electrons. The Kier molecular flexibility index (Phi) is 6.53. The Morgan fingerprint density at radius 2 is 1.00 bits per heavy atom. The topological polar surface area (TPSA) is 59.1 Å². The van der Waals surface area contributed by atoms with Gasteiger partial charge in [0.2, 0.25) is 0 Å². The number of benzene rings is 2. The van der Waals surface area contributed by atoms with Crippen LogP contribution in [0.4, 0.5) is 9.59 Å². The molecule has 0 radical (unpaired) electrons. The predicted octanol–water partition coefficient (Wildman–Crippen LogP) is 4.13. The molecule has 1 aliphatic heterocycles. The Morgan fingerprint density at radius 3 is 1.29 bits per heavy atom. The van der Waals surface area contributed by atoms with Gasteiger partial charge in [-0.05, 0) is 48.2 Å². The second kappa shape index (κ2) is 9.26. The van der Waals surface area contributed by atoms with Crippen LogP contribution in [0, 0.1) is 0 Å². The highest BCUT2D eigenvalue weighted by atomic mass is 16.6. The molecule has 0 unspecified atom stereocenters. The van der Waals surface area contributed by atoms with E-state index in [4.69, 9.17) is 9.47 Å². The lowest BCUT2D eigenvalue weighted by Gasteiger charge is -2.33. The second-order valence-electron chi connectivity index (χ2n) is 6.71. The van der Waals surface area contributed by atoms with Crippen LogP contribution < -0.4 is 9.47 Å². The molecule has 1 heterocycles. The normalized spacial score (nSPS) is 13.9. The van der Waals surface area contributed by atoms with Crippen molar-refractivity contribution >= 4 is 12.2 Å². The number of hydrogen-bond donors (Lipinski definition) is 0. The zero-order valence-corrected chi connectivity index (χ0v) is 16.4. The van der Waals surface area contributed by atoms with Gasteiger partial charge in [-0.2, -0.15) is 0 Å². The lowest BCUT2D eigenvalue weighted by molar-refractivity contribution is 0.101. The van der Waals surface area contributed by atoms with Gasteiger partial charge < -0.3 is 19.3 Å². The summed E-state index contributed by atoms with van der Waals surface area (Å²) in [5, 5.41) is 0. The van der Waals surface area contributed by atoms with Crippen LogP contribution in [-0.4, -0.2) is 48.2 Å². The summed E-state index contributed by atoms with van der Waals surface area (Å²) in [5.74, 6) is 1.05. The third kappa shape index (κ3) is 5.03. The van der Waals surface area contributed by atoms with Crippen molar-refractivity contribution in [3.05, 3.63) is 59.7 Å². The SMILES string of the molecule is CCc1ccc(OC(=O)N2CCN(C(=O)Oc3ccc(CC)cc3)CC2)cc1. The van der Waals surface area contributed by atoms with E-state index in [1.54, 1.807) is 34.1 Å². The summed E-state index contributed by atoms with van der Waals surface area (Å²) in [4.78, 5) is 27.8. The first-order chi connectivity index (χ1) is 13.6. The molecule has 1 saturated heterocycles. The predicted molar refractivity (Wildman–Crippen MR) is 107 cm³/mol. The number of rotatable bonds is 4. The molecular formula is C22H26N2O4. The highest BCUT2D eigenvalue weighted by Gasteiger charge is 2.26. The summed E-state index contributed by atoms with van der Waals surface area (Å²) >= 11 is 0. The van der Waals surface area contributed by atoms with Gasteiger partial charge in [0.1, 0.15) is 11.5 Å². The maximum absolute atomic E-state index is 12.3. The van der Waals surface area contributed by atoms with Crippen molar-refractivity contribution in [2.45, 2.75) is 26.7 Å². The molecule has 0 saturated carbocycles. The summed E-state index contributed by atoms with van der Waals surface area (Å²) < 4.78 is 10.8. The number of nitrogens with zero attached hydrogens (tertiary/aromatic N) is 2. The molecule has 2 amide bonds. The minimum atomic E-state index is -0.396. The highest BCUT2D eigenvalue weighted by molar-refractivity contribution is 5.73.